The number of hydrogen-bond acceptors (Lipinski definition) is 6. The molecule has 0 saturated heterocycles. The predicted octanol–water partition coefficient (Wildman–Crippen LogP) is 3.61. The molecule has 6 nitrogen and oxygen atoms in total. The minimum atomic E-state index is -0.775. The van der Waals surface area contributed by atoms with Crippen LogP contribution in [0.4, 0.5) is 5.69 Å². The third kappa shape index (κ3) is 3.17. The lowest BCUT2D eigenvalue weighted by atomic mass is 10.1. The van der Waals surface area contributed by atoms with Crippen molar-refractivity contribution in [3.63, 3.8) is 0 Å². The van der Waals surface area contributed by atoms with E-state index in [1.54, 1.807) is 24.3 Å². The average molecular weight is 338 g/mol. The third-order valence-corrected chi connectivity index (χ3v) is 3.47. The van der Waals surface area contributed by atoms with E-state index in [2.05, 4.69) is 10.1 Å². The van der Waals surface area contributed by atoms with Crippen molar-refractivity contribution in [2.75, 3.05) is 26.1 Å². The van der Waals surface area contributed by atoms with Crippen LogP contribution in [-0.4, -0.2) is 32.7 Å². The Bertz CT molecular complexity index is 738. The molecule has 0 atom stereocenters. The van der Waals surface area contributed by atoms with Crippen molar-refractivity contribution in [1.82, 2.24) is 0 Å². The second-order valence-corrected chi connectivity index (χ2v) is 4.91. The number of benzene rings is 1. The molecular weight excluding hydrogens is 322 g/mol. The van der Waals surface area contributed by atoms with Gasteiger partial charge in [-0.2, -0.15) is 0 Å². The number of hydrogen-bond donors (Lipinski definition) is 1. The Hall–Kier alpha value is -2.47. The maximum Gasteiger partial charge on any atom is 0.374 e. The normalized spacial score (nSPS) is 10.3. The molecule has 7 heteroatoms. The fraction of sp³-hybridized carbons (Fsp3) is 0.250. The van der Waals surface area contributed by atoms with Gasteiger partial charge in [0.05, 0.1) is 24.9 Å². The van der Waals surface area contributed by atoms with Gasteiger partial charge in [-0.15, -0.1) is 0 Å². The molecule has 23 heavy (non-hydrogen) atoms. The quantitative estimate of drug-likeness (QED) is 0.840. The van der Waals surface area contributed by atoms with Crippen molar-refractivity contribution in [2.45, 2.75) is 6.92 Å². The largest absolute Gasteiger partial charge is 0.465 e. The molecule has 2 aromatic rings. The van der Waals surface area contributed by atoms with E-state index in [9.17, 15) is 9.59 Å². The summed E-state index contributed by atoms with van der Waals surface area (Å²) in [6, 6.07) is 6.95. The van der Waals surface area contributed by atoms with E-state index >= 15 is 0 Å². The van der Waals surface area contributed by atoms with Gasteiger partial charge in [0.15, 0.2) is 5.76 Å². The van der Waals surface area contributed by atoms with Gasteiger partial charge < -0.3 is 19.2 Å². The van der Waals surface area contributed by atoms with Crippen LogP contribution in [0.1, 0.15) is 27.8 Å². The summed E-state index contributed by atoms with van der Waals surface area (Å²) in [5, 5.41) is 3.45. The Kier molecular flexibility index (Phi) is 5.28. The average Bonchev–Trinajstić information content (AvgIpc) is 2.93. The fourth-order valence-electron chi connectivity index (χ4n) is 2.14. The molecule has 0 saturated carbocycles. The van der Waals surface area contributed by atoms with E-state index in [1.165, 1.54) is 14.2 Å². The minimum absolute atomic E-state index is 0.0175. The van der Waals surface area contributed by atoms with Crippen molar-refractivity contribution in [3.8, 4) is 11.3 Å². The zero-order valence-electron chi connectivity index (χ0n) is 12.9. The number of methoxy groups -OCH3 is 2. The van der Waals surface area contributed by atoms with Crippen molar-refractivity contribution in [1.29, 1.82) is 0 Å². The molecule has 1 heterocycles. The summed E-state index contributed by atoms with van der Waals surface area (Å²) in [7, 11) is 2.43. The van der Waals surface area contributed by atoms with Gasteiger partial charge >= 0.3 is 11.9 Å². The Morgan fingerprint density at radius 2 is 1.83 bits per heavy atom. The van der Waals surface area contributed by atoms with Crippen LogP contribution in [0.15, 0.2) is 28.7 Å². The fourth-order valence-corrected chi connectivity index (χ4v) is 2.37. The SMILES string of the molecule is CCNc1c(-c2ccccc2Cl)oc(C(=O)OC)c1C(=O)OC. The molecule has 0 spiro atoms. The van der Waals surface area contributed by atoms with Gasteiger partial charge in [0, 0.05) is 12.1 Å². The molecule has 0 aliphatic rings. The van der Waals surface area contributed by atoms with E-state index in [4.69, 9.17) is 20.8 Å². The van der Waals surface area contributed by atoms with Crippen molar-refractivity contribution in [2.24, 2.45) is 0 Å². The number of halogens is 1. The second kappa shape index (κ2) is 7.19. The molecule has 1 aromatic carbocycles. The zero-order valence-corrected chi connectivity index (χ0v) is 13.7. The number of esters is 2. The topological polar surface area (TPSA) is 77.8 Å². The van der Waals surface area contributed by atoms with Gasteiger partial charge in [0.1, 0.15) is 5.56 Å². The van der Waals surface area contributed by atoms with Crippen LogP contribution >= 0.6 is 11.6 Å². The van der Waals surface area contributed by atoms with Crippen molar-refractivity contribution >= 4 is 29.2 Å². The first-order chi connectivity index (χ1) is 11.0. The molecule has 2 rings (SSSR count). The first kappa shape index (κ1) is 16.9. The Balaban J connectivity index is 2.76. The van der Waals surface area contributed by atoms with Crippen molar-refractivity contribution in [3.05, 3.63) is 40.6 Å². The Labute approximate surface area is 138 Å². The van der Waals surface area contributed by atoms with Gasteiger partial charge in [-0.3, -0.25) is 0 Å². The summed E-state index contributed by atoms with van der Waals surface area (Å²) >= 11 is 6.20. The monoisotopic (exact) mass is 337 g/mol. The van der Waals surface area contributed by atoms with Gasteiger partial charge in [-0.05, 0) is 19.1 Å². The summed E-state index contributed by atoms with van der Waals surface area (Å²) in [5.74, 6) is -1.44. The molecule has 0 fully saturated rings. The zero-order chi connectivity index (χ0) is 17.0. The highest BCUT2D eigenvalue weighted by atomic mass is 35.5. The molecule has 122 valence electrons. The van der Waals surface area contributed by atoms with Crippen LogP contribution in [0.5, 0.6) is 0 Å². The number of ether oxygens (including phenoxy) is 2. The van der Waals surface area contributed by atoms with Crippen LogP contribution in [0.2, 0.25) is 5.02 Å². The molecule has 1 aromatic heterocycles. The molecule has 0 radical (unpaired) electrons. The molecule has 0 bridgehead atoms. The Morgan fingerprint density at radius 1 is 1.17 bits per heavy atom. The number of anilines is 1. The van der Waals surface area contributed by atoms with Crippen LogP contribution in [0.25, 0.3) is 11.3 Å². The van der Waals surface area contributed by atoms with Crippen molar-refractivity contribution < 1.29 is 23.5 Å². The number of carbonyl (C=O) groups is 2. The summed E-state index contributed by atoms with van der Waals surface area (Å²) in [5.41, 5.74) is 0.870. The standard InChI is InChI=1S/C16H16ClNO5/c1-4-18-12-11(15(19)21-2)14(16(20)22-3)23-13(12)9-7-5-6-8-10(9)17/h5-8,18H,4H2,1-3H3. The Morgan fingerprint density at radius 3 is 2.39 bits per heavy atom. The van der Waals surface area contributed by atoms with Gasteiger partial charge in [-0.1, -0.05) is 23.7 Å². The summed E-state index contributed by atoms with van der Waals surface area (Å²) in [4.78, 5) is 24.1. The van der Waals surface area contributed by atoms with E-state index in [-0.39, 0.29) is 17.1 Å². The van der Waals surface area contributed by atoms with Crippen LogP contribution in [-0.2, 0) is 9.47 Å². The molecular formula is C16H16ClNO5. The van der Waals surface area contributed by atoms with Gasteiger partial charge in [-0.25, -0.2) is 9.59 Å². The maximum absolute atomic E-state index is 12.1. The number of furan rings is 1. The smallest absolute Gasteiger partial charge is 0.374 e. The lowest BCUT2D eigenvalue weighted by molar-refractivity contribution is 0.0529. The first-order valence-electron chi connectivity index (χ1n) is 6.87. The lowest BCUT2D eigenvalue weighted by Crippen LogP contribution is -2.12. The predicted molar refractivity (Wildman–Crippen MR) is 86.0 cm³/mol. The molecule has 1 N–H and O–H groups in total. The number of nitrogens with one attached hydrogen (secondary N) is 1. The molecule has 0 aliphatic carbocycles. The lowest BCUT2D eigenvalue weighted by Gasteiger charge is -2.07. The first-order valence-corrected chi connectivity index (χ1v) is 7.25. The van der Waals surface area contributed by atoms with E-state index in [0.717, 1.165) is 0 Å². The summed E-state index contributed by atoms with van der Waals surface area (Å²) in [6.07, 6.45) is 0. The third-order valence-electron chi connectivity index (χ3n) is 3.14. The highest BCUT2D eigenvalue weighted by Gasteiger charge is 2.32. The highest BCUT2D eigenvalue weighted by Crippen LogP contribution is 2.39. The van der Waals surface area contributed by atoms with Crippen LogP contribution in [0, 0.1) is 0 Å². The number of carbonyl (C=O) groups excluding carboxylic acids is 2. The van der Waals surface area contributed by atoms with Crippen LogP contribution in [0.3, 0.4) is 0 Å². The van der Waals surface area contributed by atoms with Gasteiger partial charge in [0.25, 0.3) is 0 Å². The maximum atomic E-state index is 12.1. The van der Waals surface area contributed by atoms with Gasteiger partial charge in [0.2, 0.25) is 5.76 Å². The minimum Gasteiger partial charge on any atom is -0.465 e. The van der Waals surface area contributed by atoms with Crippen LogP contribution < -0.4 is 5.32 Å². The summed E-state index contributed by atoms with van der Waals surface area (Å²) < 4.78 is 15.1. The van der Waals surface area contributed by atoms with E-state index in [1.807, 2.05) is 6.92 Å². The van der Waals surface area contributed by atoms with E-state index < -0.39 is 11.9 Å². The van der Waals surface area contributed by atoms with E-state index in [0.29, 0.717) is 22.8 Å². The summed E-state index contributed by atoms with van der Waals surface area (Å²) in [6.45, 7) is 2.35. The molecule has 0 aliphatic heterocycles. The number of rotatable bonds is 5. The highest BCUT2D eigenvalue weighted by molar-refractivity contribution is 6.33. The molecule has 0 amide bonds. The molecule has 0 unspecified atom stereocenters. The second-order valence-electron chi connectivity index (χ2n) is 4.50.